The lowest BCUT2D eigenvalue weighted by Crippen LogP contribution is -2.05. The fraction of sp³-hybridized carbons (Fsp3) is 0.462. The minimum Gasteiger partial charge on any atom is -0.370 e. The molecular weight excluding hydrogens is 280 g/mol. The highest BCUT2D eigenvalue weighted by Gasteiger charge is 2.11. The van der Waals surface area contributed by atoms with Crippen LogP contribution in [0.25, 0.3) is 10.8 Å². The molecule has 1 N–H and O–H groups in total. The molecule has 0 unspecified atom stereocenters. The molecule has 6 heteroatoms. The van der Waals surface area contributed by atoms with E-state index in [0.29, 0.717) is 16.1 Å². The second kappa shape index (κ2) is 6.30. The number of hydrogen-bond acceptors (Lipinski definition) is 5. The number of nitrogens with zero attached hydrogens (tertiary/aromatic N) is 3. The topological polar surface area (TPSA) is 50.7 Å². The SMILES string of the molecule is CCNc1cc(CC(C)C)nc(-c2ncc(Cl)s2)n1. The maximum absolute atomic E-state index is 5.92. The van der Waals surface area contributed by atoms with Gasteiger partial charge >= 0.3 is 0 Å². The average molecular weight is 297 g/mol. The van der Waals surface area contributed by atoms with Crippen molar-refractivity contribution in [2.24, 2.45) is 5.92 Å². The van der Waals surface area contributed by atoms with Gasteiger partial charge in [0.1, 0.15) is 10.2 Å². The molecule has 19 heavy (non-hydrogen) atoms. The summed E-state index contributed by atoms with van der Waals surface area (Å²) in [6.45, 7) is 7.23. The molecule has 0 amide bonds. The van der Waals surface area contributed by atoms with Gasteiger partial charge in [0.2, 0.25) is 0 Å². The normalized spacial score (nSPS) is 11.0. The molecule has 0 radical (unpaired) electrons. The molecule has 2 aromatic rings. The molecule has 0 bridgehead atoms. The van der Waals surface area contributed by atoms with E-state index in [9.17, 15) is 0 Å². The van der Waals surface area contributed by atoms with Crippen LogP contribution in [0.4, 0.5) is 5.82 Å². The molecule has 0 aliphatic rings. The minimum atomic E-state index is 0.553. The molecule has 102 valence electrons. The third kappa shape index (κ3) is 3.88. The molecule has 4 nitrogen and oxygen atoms in total. The van der Waals surface area contributed by atoms with Crippen LogP contribution in [0.15, 0.2) is 12.3 Å². The highest BCUT2D eigenvalue weighted by atomic mass is 35.5. The zero-order chi connectivity index (χ0) is 13.8. The van der Waals surface area contributed by atoms with Crippen molar-refractivity contribution in [2.45, 2.75) is 27.2 Å². The molecule has 2 rings (SSSR count). The summed E-state index contributed by atoms with van der Waals surface area (Å²) in [7, 11) is 0. The number of thiazole rings is 1. The Balaban J connectivity index is 2.38. The van der Waals surface area contributed by atoms with Crippen molar-refractivity contribution < 1.29 is 0 Å². The first-order chi connectivity index (χ1) is 9.08. The van der Waals surface area contributed by atoms with Gasteiger partial charge in [-0.25, -0.2) is 15.0 Å². The quantitative estimate of drug-likeness (QED) is 0.909. The van der Waals surface area contributed by atoms with Crippen molar-refractivity contribution in [1.82, 2.24) is 15.0 Å². The predicted octanol–water partition coefficient (Wildman–Crippen LogP) is 3.88. The number of aromatic nitrogens is 3. The Morgan fingerprint density at radius 2 is 2.16 bits per heavy atom. The first-order valence-corrected chi connectivity index (χ1v) is 7.51. The molecule has 0 aliphatic carbocycles. The van der Waals surface area contributed by atoms with Crippen molar-refractivity contribution in [1.29, 1.82) is 0 Å². The van der Waals surface area contributed by atoms with Crippen LogP contribution in [0.5, 0.6) is 0 Å². The molecular formula is C13H17ClN4S. The fourth-order valence-corrected chi connectivity index (χ4v) is 2.59. The van der Waals surface area contributed by atoms with Crippen LogP contribution in [0.2, 0.25) is 4.34 Å². The lowest BCUT2D eigenvalue weighted by molar-refractivity contribution is 0.635. The highest BCUT2D eigenvalue weighted by Crippen LogP contribution is 2.27. The molecule has 0 aliphatic heterocycles. The van der Waals surface area contributed by atoms with Crippen molar-refractivity contribution in [3.63, 3.8) is 0 Å². The number of nitrogens with one attached hydrogen (secondary N) is 1. The van der Waals surface area contributed by atoms with Gasteiger partial charge in [0.05, 0.1) is 6.20 Å². The van der Waals surface area contributed by atoms with E-state index in [0.717, 1.165) is 29.5 Å². The molecule has 2 aromatic heterocycles. The Kier molecular flexibility index (Phi) is 4.71. The summed E-state index contributed by atoms with van der Waals surface area (Å²) in [5.74, 6) is 2.04. The van der Waals surface area contributed by atoms with Crippen molar-refractivity contribution in [3.05, 3.63) is 22.3 Å². The number of halogens is 1. The third-order valence-corrected chi connectivity index (χ3v) is 3.53. The van der Waals surface area contributed by atoms with Crippen LogP contribution in [0.1, 0.15) is 26.5 Å². The third-order valence-electron chi connectivity index (χ3n) is 2.42. The van der Waals surface area contributed by atoms with Gasteiger partial charge in [-0.05, 0) is 19.3 Å². The van der Waals surface area contributed by atoms with Gasteiger partial charge in [0, 0.05) is 18.3 Å². The number of anilines is 1. The van der Waals surface area contributed by atoms with E-state index < -0.39 is 0 Å². The Bertz CT molecular complexity index is 553. The van der Waals surface area contributed by atoms with Crippen LogP contribution in [-0.2, 0) is 6.42 Å². The Labute approximate surface area is 122 Å². The zero-order valence-corrected chi connectivity index (χ0v) is 12.8. The average Bonchev–Trinajstić information content (AvgIpc) is 2.75. The van der Waals surface area contributed by atoms with E-state index in [1.165, 1.54) is 11.3 Å². The van der Waals surface area contributed by atoms with Crippen molar-refractivity contribution in [2.75, 3.05) is 11.9 Å². The summed E-state index contributed by atoms with van der Waals surface area (Å²) in [5, 5.41) is 3.99. The Hall–Kier alpha value is -1.20. The molecule has 0 saturated heterocycles. The van der Waals surface area contributed by atoms with Gasteiger partial charge in [0.25, 0.3) is 0 Å². The van der Waals surface area contributed by atoms with Crippen LogP contribution in [-0.4, -0.2) is 21.5 Å². The molecule has 0 aromatic carbocycles. The summed E-state index contributed by atoms with van der Waals surface area (Å²) in [6.07, 6.45) is 2.56. The first-order valence-electron chi connectivity index (χ1n) is 6.32. The van der Waals surface area contributed by atoms with Gasteiger partial charge < -0.3 is 5.32 Å². The van der Waals surface area contributed by atoms with Gasteiger partial charge in [-0.2, -0.15) is 0 Å². The lowest BCUT2D eigenvalue weighted by Gasteiger charge is -2.09. The van der Waals surface area contributed by atoms with Gasteiger partial charge in [-0.1, -0.05) is 36.8 Å². The highest BCUT2D eigenvalue weighted by molar-refractivity contribution is 7.18. The summed E-state index contributed by atoms with van der Waals surface area (Å²) in [4.78, 5) is 13.3. The summed E-state index contributed by atoms with van der Waals surface area (Å²) in [6, 6.07) is 2.00. The lowest BCUT2D eigenvalue weighted by atomic mass is 10.1. The molecule has 0 saturated carbocycles. The maximum atomic E-state index is 5.92. The van der Waals surface area contributed by atoms with Gasteiger partial charge in [-0.15, -0.1) is 0 Å². The first kappa shape index (κ1) is 14.2. The molecule has 0 fully saturated rings. The summed E-state index contributed by atoms with van der Waals surface area (Å²) in [5.41, 5.74) is 1.03. The molecule has 2 heterocycles. The predicted molar refractivity (Wildman–Crippen MR) is 80.9 cm³/mol. The van der Waals surface area contributed by atoms with Crippen LogP contribution in [0, 0.1) is 5.92 Å². The molecule has 0 spiro atoms. The fourth-order valence-electron chi connectivity index (χ4n) is 1.75. The summed E-state index contributed by atoms with van der Waals surface area (Å²) < 4.78 is 0.651. The van der Waals surface area contributed by atoms with Gasteiger partial charge in [-0.3, -0.25) is 0 Å². The van der Waals surface area contributed by atoms with Gasteiger partial charge in [0.15, 0.2) is 10.8 Å². The monoisotopic (exact) mass is 296 g/mol. The number of rotatable bonds is 5. The van der Waals surface area contributed by atoms with E-state index in [1.807, 2.05) is 13.0 Å². The Morgan fingerprint density at radius 1 is 1.37 bits per heavy atom. The second-order valence-corrected chi connectivity index (χ2v) is 6.33. The second-order valence-electron chi connectivity index (χ2n) is 4.67. The molecule has 0 atom stereocenters. The van der Waals surface area contributed by atoms with E-state index in [2.05, 4.69) is 34.1 Å². The Morgan fingerprint density at radius 3 is 2.74 bits per heavy atom. The van der Waals surface area contributed by atoms with E-state index in [-0.39, 0.29) is 0 Å². The van der Waals surface area contributed by atoms with Crippen molar-refractivity contribution >= 4 is 28.8 Å². The minimum absolute atomic E-state index is 0.553. The van der Waals surface area contributed by atoms with Crippen LogP contribution in [0.3, 0.4) is 0 Å². The standard InChI is InChI=1S/C13H17ClN4S/c1-4-15-11-6-9(5-8(2)3)17-12(18-11)13-16-7-10(14)19-13/h6-8H,4-5H2,1-3H3,(H,15,17,18). The van der Waals surface area contributed by atoms with Crippen LogP contribution >= 0.6 is 22.9 Å². The zero-order valence-electron chi connectivity index (χ0n) is 11.3. The number of hydrogen-bond donors (Lipinski definition) is 1. The van der Waals surface area contributed by atoms with E-state index in [1.54, 1.807) is 6.20 Å². The largest absolute Gasteiger partial charge is 0.370 e. The van der Waals surface area contributed by atoms with Crippen molar-refractivity contribution in [3.8, 4) is 10.8 Å². The smallest absolute Gasteiger partial charge is 0.190 e. The summed E-state index contributed by atoms with van der Waals surface area (Å²) >= 11 is 7.32. The van der Waals surface area contributed by atoms with Crippen LogP contribution < -0.4 is 5.32 Å². The van der Waals surface area contributed by atoms with E-state index in [4.69, 9.17) is 11.6 Å². The van der Waals surface area contributed by atoms with E-state index >= 15 is 0 Å². The maximum Gasteiger partial charge on any atom is 0.190 e.